The molecule has 1 aromatic heterocycles. The van der Waals surface area contributed by atoms with Crippen molar-refractivity contribution in [2.75, 3.05) is 0 Å². The molecule has 0 spiro atoms. The Morgan fingerprint density at radius 1 is 1.50 bits per heavy atom. The second-order valence-electron chi connectivity index (χ2n) is 4.04. The molecule has 0 bridgehead atoms. The zero-order valence-electron chi connectivity index (χ0n) is 10.1. The van der Waals surface area contributed by atoms with Crippen molar-refractivity contribution < 1.29 is 9.18 Å². The van der Waals surface area contributed by atoms with Gasteiger partial charge in [0.05, 0.1) is 6.04 Å². The van der Waals surface area contributed by atoms with E-state index in [0.717, 1.165) is 0 Å². The maximum absolute atomic E-state index is 13.4. The molecule has 0 aliphatic heterocycles. The number of rotatable bonds is 3. The zero-order chi connectivity index (χ0) is 13.1. The minimum atomic E-state index is -0.374. The topological polar surface area (TPSA) is 70.7 Å². The summed E-state index contributed by atoms with van der Waals surface area (Å²) in [6.07, 6.45) is 1.26. The fourth-order valence-corrected chi connectivity index (χ4v) is 1.54. The number of aromatic nitrogens is 3. The summed E-state index contributed by atoms with van der Waals surface area (Å²) in [6, 6.07) is 4.57. The quantitative estimate of drug-likeness (QED) is 0.869. The minimum Gasteiger partial charge on any atom is -0.343 e. The Bertz CT molecular complexity index is 553. The molecule has 0 aliphatic rings. The number of H-pyrrole nitrogens is 1. The molecule has 2 aromatic rings. The number of hydrogen-bond donors (Lipinski definition) is 2. The van der Waals surface area contributed by atoms with Crippen LogP contribution in [0, 0.1) is 12.7 Å². The molecule has 1 aromatic carbocycles. The number of amides is 1. The van der Waals surface area contributed by atoms with E-state index in [2.05, 4.69) is 20.5 Å². The highest BCUT2D eigenvalue weighted by Crippen LogP contribution is 2.16. The van der Waals surface area contributed by atoms with Crippen LogP contribution in [0.2, 0.25) is 0 Å². The van der Waals surface area contributed by atoms with E-state index in [1.807, 2.05) is 0 Å². The molecule has 18 heavy (non-hydrogen) atoms. The number of aryl methyl sites for hydroxylation is 1. The van der Waals surface area contributed by atoms with E-state index in [-0.39, 0.29) is 23.6 Å². The molecule has 0 aliphatic carbocycles. The van der Waals surface area contributed by atoms with Gasteiger partial charge < -0.3 is 5.32 Å². The fraction of sp³-hybridized carbons (Fsp3) is 0.250. The second-order valence-corrected chi connectivity index (χ2v) is 4.04. The van der Waals surface area contributed by atoms with Crippen LogP contribution < -0.4 is 5.32 Å². The van der Waals surface area contributed by atoms with E-state index in [4.69, 9.17) is 0 Å². The van der Waals surface area contributed by atoms with E-state index in [1.54, 1.807) is 26.0 Å². The zero-order valence-corrected chi connectivity index (χ0v) is 10.1. The highest BCUT2D eigenvalue weighted by atomic mass is 19.1. The minimum absolute atomic E-state index is 0.134. The molecule has 2 rings (SSSR count). The van der Waals surface area contributed by atoms with Gasteiger partial charge in [-0.15, -0.1) is 0 Å². The molecule has 94 valence electrons. The third kappa shape index (κ3) is 2.53. The summed E-state index contributed by atoms with van der Waals surface area (Å²) in [5.74, 6) is -0.524. The van der Waals surface area contributed by atoms with Crippen molar-refractivity contribution in [3.8, 4) is 0 Å². The van der Waals surface area contributed by atoms with Gasteiger partial charge in [-0.25, -0.2) is 9.37 Å². The predicted molar refractivity (Wildman–Crippen MR) is 63.4 cm³/mol. The SMILES string of the molecule is Cc1ccc(C(C)NC(=O)c2ncn[nH]2)cc1F. The second kappa shape index (κ2) is 4.95. The lowest BCUT2D eigenvalue weighted by Crippen LogP contribution is -2.27. The average Bonchev–Trinajstić information content (AvgIpc) is 2.86. The smallest absolute Gasteiger partial charge is 0.289 e. The van der Waals surface area contributed by atoms with Crippen molar-refractivity contribution in [2.24, 2.45) is 0 Å². The van der Waals surface area contributed by atoms with Crippen molar-refractivity contribution in [1.29, 1.82) is 0 Å². The van der Waals surface area contributed by atoms with Crippen molar-refractivity contribution in [1.82, 2.24) is 20.5 Å². The molecule has 1 atom stereocenters. The van der Waals surface area contributed by atoms with Crippen molar-refractivity contribution in [3.05, 3.63) is 47.3 Å². The third-order valence-electron chi connectivity index (χ3n) is 2.67. The number of aromatic amines is 1. The summed E-state index contributed by atoms with van der Waals surface area (Å²) in [7, 11) is 0. The Morgan fingerprint density at radius 3 is 2.89 bits per heavy atom. The first-order valence-corrected chi connectivity index (χ1v) is 5.50. The summed E-state index contributed by atoms with van der Waals surface area (Å²) in [5.41, 5.74) is 1.28. The number of carbonyl (C=O) groups excluding carboxylic acids is 1. The first-order chi connectivity index (χ1) is 8.58. The Morgan fingerprint density at radius 2 is 2.28 bits per heavy atom. The highest BCUT2D eigenvalue weighted by Gasteiger charge is 2.14. The summed E-state index contributed by atoms with van der Waals surface area (Å²) in [4.78, 5) is 15.4. The van der Waals surface area contributed by atoms with Crippen molar-refractivity contribution >= 4 is 5.91 Å². The molecule has 0 saturated heterocycles. The van der Waals surface area contributed by atoms with Crippen molar-refractivity contribution in [2.45, 2.75) is 19.9 Å². The summed E-state index contributed by atoms with van der Waals surface area (Å²) in [6.45, 7) is 3.47. The Labute approximate surface area is 103 Å². The lowest BCUT2D eigenvalue weighted by Gasteiger charge is -2.13. The molecule has 6 heteroatoms. The molecule has 1 unspecified atom stereocenters. The summed E-state index contributed by atoms with van der Waals surface area (Å²) >= 11 is 0. The fourth-order valence-electron chi connectivity index (χ4n) is 1.54. The van der Waals surface area contributed by atoms with Gasteiger partial charge in [-0.3, -0.25) is 9.89 Å². The number of benzene rings is 1. The van der Waals surface area contributed by atoms with Gasteiger partial charge in [-0.05, 0) is 31.0 Å². The lowest BCUT2D eigenvalue weighted by atomic mass is 10.1. The van der Waals surface area contributed by atoms with Crippen LogP contribution in [0.25, 0.3) is 0 Å². The number of nitrogens with one attached hydrogen (secondary N) is 2. The largest absolute Gasteiger partial charge is 0.343 e. The van der Waals surface area contributed by atoms with Gasteiger partial charge in [0.25, 0.3) is 5.91 Å². The first kappa shape index (κ1) is 12.2. The van der Waals surface area contributed by atoms with Crippen LogP contribution >= 0.6 is 0 Å². The van der Waals surface area contributed by atoms with Gasteiger partial charge in [0.2, 0.25) is 5.82 Å². The van der Waals surface area contributed by atoms with Gasteiger partial charge in [0.15, 0.2) is 0 Å². The molecular formula is C12H13FN4O. The monoisotopic (exact) mass is 248 g/mol. The van der Waals surface area contributed by atoms with Gasteiger partial charge in [0, 0.05) is 0 Å². The van der Waals surface area contributed by atoms with Crippen LogP contribution in [-0.2, 0) is 0 Å². The Kier molecular flexibility index (Phi) is 3.36. The molecule has 1 amide bonds. The molecule has 5 nitrogen and oxygen atoms in total. The molecule has 0 radical (unpaired) electrons. The van der Waals surface area contributed by atoms with Crippen LogP contribution in [0.15, 0.2) is 24.5 Å². The summed E-state index contributed by atoms with van der Waals surface area (Å²) in [5, 5.41) is 8.76. The molecular weight excluding hydrogens is 235 g/mol. The standard InChI is InChI=1S/C12H13FN4O/c1-7-3-4-9(5-10(7)13)8(2)16-12(18)11-14-6-15-17-11/h3-6,8H,1-2H3,(H,16,18)(H,14,15,17). The van der Waals surface area contributed by atoms with E-state index >= 15 is 0 Å². The lowest BCUT2D eigenvalue weighted by molar-refractivity contribution is 0.0929. The molecule has 2 N–H and O–H groups in total. The van der Waals surface area contributed by atoms with Gasteiger partial charge in [0.1, 0.15) is 12.1 Å². The van der Waals surface area contributed by atoms with Crippen LogP contribution in [0.1, 0.15) is 34.7 Å². The number of halogens is 1. The van der Waals surface area contributed by atoms with E-state index in [9.17, 15) is 9.18 Å². The first-order valence-electron chi connectivity index (χ1n) is 5.50. The maximum Gasteiger partial charge on any atom is 0.289 e. The maximum atomic E-state index is 13.4. The Balaban J connectivity index is 2.10. The van der Waals surface area contributed by atoms with E-state index in [1.165, 1.54) is 12.4 Å². The normalized spacial score (nSPS) is 12.2. The average molecular weight is 248 g/mol. The molecule has 1 heterocycles. The number of nitrogens with zero attached hydrogens (tertiary/aromatic N) is 2. The van der Waals surface area contributed by atoms with Crippen molar-refractivity contribution in [3.63, 3.8) is 0 Å². The predicted octanol–water partition coefficient (Wildman–Crippen LogP) is 1.74. The van der Waals surface area contributed by atoms with Crippen LogP contribution in [0.5, 0.6) is 0 Å². The molecule has 0 fully saturated rings. The number of carbonyl (C=O) groups is 1. The van der Waals surface area contributed by atoms with E-state index in [0.29, 0.717) is 11.1 Å². The summed E-state index contributed by atoms with van der Waals surface area (Å²) < 4.78 is 13.4. The highest BCUT2D eigenvalue weighted by molar-refractivity contribution is 5.90. The van der Waals surface area contributed by atoms with Gasteiger partial charge in [-0.1, -0.05) is 12.1 Å². The van der Waals surface area contributed by atoms with Crippen LogP contribution in [0.4, 0.5) is 4.39 Å². The number of hydrogen-bond acceptors (Lipinski definition) is 3. The van der Waals surface area contributed by atoms with E-state index < -0.39 is 0 Å². The van der Waals surface area contributed by atoms with Crippen LogP contribution in [-0.4, -0.2) is 21.1 Å². The third-order valence-corrected chi connectivity index (χ3v) is 2.67. The van der Waals surface area contributed by atoms with Crippen LogP contribution in [0.3, 0.4) is 0 Å². The van der Waals surface area contributed by atoms with Gasteiger partial charge in [-0.2, -0.15) is 5.10 Å². The van der Waals surface area contributed by atoms with Gasteiger partial charge >= 0.3 is 0 Å². The Hall–Kier alpha value is -2.24. The molecule has 0 saturated carbocycles.